The highest BCUT2D eigenvalue weighted by atomic mass is 16.5. The fourth-order valence-electron chi connectivity index (χ4n) is 6.74. The maximum atomic E-state index is 14.5. The normalized spacial score (nSPS) is 21.6. The molecule has 218 valence electrons. The summed E-state index contributed by atoms with van der Waals surface area (Å²) in [5.41, 5.74) is 3.39. The van der Waals surface area contributed by atoms with Gasteiger partial charge in [-0.3, -0.25) is 9.59 Å². The van der Waals surface area contributed by atoms with Gasteiger partial charge in [0, 0.05) is 5.69 Å². The summed E-state index contributed by atoms with van der Waals surface area (Å²) in [5.74, 6) is -4.25. The molecule has 0 N–H and O–H groups in total. The lowest BCUT2D eigenvalue weighted by Crippen LogP contribution is -2.49. The Morgan fingerprint density at radius 2 is 1.27 bits per heavy atom. The van der Waals surface area contributed by atoms with Gasteiger partial charge in [-0.2, -0.15) is 0 Å². The van der Waals surface area contributed by atoms with Crippen LogP contribution in [-0.4, -0.2) is 42.9 Å². The van der Waals surface area contributed by atoms with Gasteiger partial charge in [-0.1, -0.05) is 103 Å². The third kappa shape index (κ3) is 4.29. The van der Waals surface area contributed by atoms with Crippen LogP contribution in [0.25, 0.3) is 6.08 Å². The molecule has 3 aliphatic rings. The second-order valence-electron chi connectivity index (χ2n) is 11.0. The number of methoxy groups -OCH3 is 1. The van der Waals surface area contributed by atoms with E-state index in [2.05, 4.69) is 0 Å². The molecule has 8 nitrogen and oxygen atoms in total. The Hall–Kier alpha value is -5.50. The van der Waals surface area contributed by atoms with Crippen molar-refractivity contribution in [1.82, 2.24) is 0 Å². The first-order valence-corrected chi connectivity index (χ1v) is 14.4. The number of para-hydroxylation sites is 2. The lowest BCUT2D eigenvalue weighted by molar-refractivity contribution is -0.151. The molecule has 0 saturated carbocycles. The first kappa shape index (κ1) is 27.3. The minimum atomic E-state index is -1.10. The highest BCUT2D eigenvalue weighted by Gasteiger charge is 2.65. The quantitative estimate of drug-likeness (QED) is 0.227. The minimum absolute atomic E-state index is 0.0883. The predicted octanol–water partition coefficient (Wildman–Crippen LogP) is 5.20. The summed E-state index contributed by atoms with van der Waals surface area (Å²) in [6.45, 7) is 0. The number of ether oxygens (including phenoxy) is 2. The largest absolute Gasteiger partial charge is 0.465 e. The lowest BCUT2D eigenvalue weighted by atomic mass is 9.88. The Balaban J connectivity index is 1.33. The molecular weight excluding hydrogens is 556 g/mol. The Morgan fingerprint density at radius 1 is 0.705 bits per heavy atom. The number of nitrogens with zero attached hydrogens (tertiary/aromatic N) is 2. The van der Waals surface area contributed by atoms with Crippen LogP contribution in [0.2, 0.25) is 0 Å². The summed E-state index contributed by atoms with van der Waals surface area (Å²) in [7, 11) is 1.24. The second-order valence-corrected chi connectivity index (χ2v) is 11.0. The van der Waals surface area contributed by atoms with Gasteiger partial charge in [0.25, 0.3) is 0 Å². The van der Waals surface area contributed by atoms with E-state index < -0.39 is 53.8 Å². The smallest absolute Gasteiger partial charge is 0.339 e. The molecule has 8 heteroatoms. The fourth-order valence-corrected chi connectivity index (χ4v) is 6.74. The number of esters is 2. The van der Waals surface area contributed by atoms with Gasteiger partial charge in [-0.05, 0) is 34.9 Å². The molecule has 3 heterocycles. The molecule has 0 aliphatic carbocycles. The van der Waals surface area contributed by atoms with Crippen LogP contribution in [0, 0.1) is 11.8 Å². The van der Waals surface area contributed by atoms with Crippen molar-refractivity contribution >= 4 is 41.2 Å². The van der Waals surface area contributed by atoms with Crippen LogP contribution in [0.5, 0.6) is 0 Å². The van der Waals surface area contributed by atoms with Crippen molar-refractivity contribution in [1.29, 1.82) is 0 Å². The van der Waals surface area contributed by atoms with E-state index in [0.29, 0.717) is 0 Å². The molecule has 2 fully saturated rings. The highest BCUT2D eigenvalue weighted by Crippen LogP contribution is 2.50. The Bertz CT molecular complexity index is 1760. The molecular formula is C36H28N2O6. The van der Waals surface area contributed by atoms with Crippen LogP contribution < -0.4 is 9.80 Å². The van der Waals surface area contributed by atoms with Crippen molar-refractivity contribution in [3.8, 4) is 0 Å². The van der Waals surface area contributed by atoms with Crippen molar-refractivity contribution in [2.24, 2.45) is 11.8 Å². The molecule has 4 aromatic rings. The van der Waals surface area contributed by atoms with E-state index in [1.54, 1.807) is 18.2 Å². The molecule has 0 spiro atoms. The van der Waals surface area contributed by atoms with Gasteiger partial charge >= 0.3 is 11.9 Å². The van der Waals surface area contributed by atoms with Crippen LogP contribution in [0.15, 0.2) is 115 Å². The average Bonchev–Trinajstić information content (AvgIpc) is 3.56. The Morgan fingerprint density at radius 3 is 1.93 bits per heavy atom. The van der Waals surface area contributed by atoms with Crippen LogP contribution >= 0.6 is 0 Å². The minimum Gasteiger partial charge on any atom is -0.465 e. The number of hydrogen-bond donors (Lipinski definition) is 0. The molecule has 0 unspecified atom stereocenters. The molecule has 4 aromatic carbocycles. The van der Waals surface area contributed by atoms with Gasteiger partial charge in [-0.25, -0.2) is 14.5 Å². The number of benzene rings is 4. The zero-order valence-corrected chi connectivity index (χ0v) is 23.8. The number of carbonyl (C=O) groups excluding carboxylic acids is 4. The number of hydrogen-bond acceptors (Lipinski definition) is 7. The number of amides is 2. The van der Waals surface area contributed by atoms with E-state index in [1.165, 1.54) is 13.2 Å². The second kappa shape index (κ2) is 11.0. The highest BCUT2D eigenvalue weighted by molar-refractivity contribution is 6.26. The zero-order valence-electron chi connectivity index (χ0n) is 23.8. The van der Waals surface area contributed by atoms with Gasteiger partial charge in [-0.15, -0.1) is 0 Å². The van der Waals surface area contributed by atoms with Crippen molar-refractivity contribution in [2.45, 2.75) is 18.2 Å². The molecule has 0 radical (unpaired) electrons. The fraction of sp³-hybridized carbons (Fsp3) is 0.167. The van der Waals surface area contributed by atoms with Crippen molar-refractivity contribution in [3.05, 3.63) is 138 Å². The standard InChI is InChI=1S/C36H28N2O6/c1-43-35(41)25-17-9-11-19-27(25)38-33(39)29-28-21-20-22-12-8-10-18-26(22)37(28)31(30(29)34(38)40)36(42)44-32(23-13-4-2-5-14-23)24-15-6-3-7-16-24/h2-21,28-32H,1H3/t28-,29-,30-,31+/m0/s1. The first-order valence-electron chi connectivity index (χ1n) is 14.4. The SMILES string of the molecule is COC(=O)c1ccccc1N1C(=O)[C@@H]2[C@H](C1=O)[C@H](C(=O)OC(c1ccccc1)c1ccccc1)N1c3ccccc3C=C[C@@H]21. The predicted molar refractivity (Wildman–Crippen MR) is 164 cm³/mol. The number of imide groups is 1. The molecule has 3 aliphatic heterocycles. The lowest BCUT2D eigenvalue weighted by Gasteiger charge is -2.36. The van der Waals surface area contributed by atoms with Crippen LogP contribution in [0.1, 0.15) is 33.2 Å². The summed E-state index contributed by atoms with van der Waals surface area (Å²) in [6.07, 6.45) is 3.06. The molecule has 44 heavy (non-hydrogen) atoms. The van der Waals surface area contributed by atoms with Crippen molar-refractivity contribution in [2.75, 3.05) is 16.9 Å². The van der Waals surface area contributed by atoms with E-state index in [4.69, 9.17) is 9.47 Å². The van der Waals surface area contributed by atoms with E-state index in [9.17, 15) is 19.2 Å². The first-order chi connectivity index (χ1) is 21.5. The average molecular weight is 585 g/mol. The summed E-state index contributed by atoms with van der Waals surface area (Å²) in [4.78, 5) is 58.6. The number of carbonyl (C=O) groups is 4. The van der Waals surface area contributed by atoms with Gasteiger partial charge < -0.3 is 14.4 Å². The molecule has 0 aromatic heterocycles. The maximum Gasteiger partial charge on any atom is 0.339 e. The Kier molecular flexibility index (Phi) is 6.81. The molecule has 2 saturated heterocycles. The van der Waals surface area contributed by atoms with Crippen LogP contribution in [-0.2, 0) is 23.9 Å². The number of rotatable bonds is 6. The maximum absolute atomic E-state index is 14.5. The molecule has 2 amide bonds. The summed E-state index contributed by atoms with van der Waals surface area (Å²) >= 11 is 0. The third-order valence-electron chi connectivity index (χ3n) is 8.65. The zero-order chi connectivity index (χ0) is 30.4. The van der Waals surface area contributed by atoms with Crippen LogP contribution in [0.3, 0.4) is 0 Å². The van der Waals surface area contributed by atoms with E-state index in [0.717, 1.165) is 27.3 Å². The number of anilines is 2. The van der Waals surface area contributed by atoms with Gasteiger partial charge in [0.05, 0.1) is 36.2 Å². The summed E-state index contributed by atoms with van der Waals surface area (Å²) < 4.78 is 11.3. The van der Waals surface area contributed by atoms with Gasteiger partial charge in [0.1, 0.15) is 6.04 Å². The molecule has 0 bridgehead atoms. The monoisotopic (exact) mass is 584 g/mol. The van der Waals surface area contributed by atoms with Gasteiger partial charge in [0.15, 0.2) is 6.10 Å². The van der Waals surface area contributed by atoms with E-state index in [-0.39, 0.29) is 11.3 Å². The number of fused-ring (bicyclic) bond motifs is 5. The summed E-state index contributed by atoms with van der Waals surface area (Å²) in [5, 5.41) is 0. The summed E-state index contributed by atoms with van der Waals surface area (Å²) in [6, 6.07) is 31.1. The Labute approximate surface area is 254 Å². The topological polar surface area (TPSA) is 93.2 Å². The molecule has 4 atom stereocenters. The van der Waals surface area contributed by atoms with Gasteiger partial charge in [0.2, 0.25) is 11.8 Å². The van der Waals surface area contributed by atoms with Crippen molar-refractivity contribution in [3.63, 3.8) is 0 Å². The van der Waals surface area contributed by atoms with E-state index >= 15 is 0 Å². The van der Waals surface area contributed by atoms with Crippen LogP contribution in [0.4, 0.5) is 11.4 Å². The van der Waals surface area contributed by atoms with Crippen molar-refractivity contribution < 1.29 is 28.7 Å². The third-order valence-corrected chi connectivity index (χ3v) is 8.65. The van der Waals surface area contributed by atoms with E-state index in [1.807, 2.05) is 102 Å². The molecule has 7 rings (SSSR count).